The van der Waals surface area contributed by atoms with Crippen LogP contribution in [-0.4, -0.2) is 29.0 Å². The van der Waals surface area contributed by atoms with E-state index >= 15 is 0 Å². The van der Waals surface area contributed by atoms with Crippen molar-refractivity contribution in [1.29, 1.82) is 0 Å². The summed E-state index contributed by atoms with van der Waals surface area (Å²) in [6, 6.07) is 13.5. The third-order valence-corrected chi connectivity index (χ3v) is 3.57. The van der Waals surface area contributed by atoms with Gasteiger partial charge in [-0.1, -0.05) is 18.2 Å². The Hall–Kier alpha value is -2.53. The molecule has 1 heterocycles. The zero-order chi connectivity index (χ0) is 15.5. The van der Waals surface area contributed by atoms with Crippen LogP contribution in [0.25, 0.3) is 21.8 Å². The molecular weight excluding hydrogens is 282 g/mol. The van der Waals surface area contributed by atoms with Crippen LogP contribution >= 0.6 is 0 Å². The molecule has 3 aromatic rings. The summed E-state index contributed by atoms with van der Waals surface area (Å²) in [5.74, 6) is 0.279. The molecule has 0 amide bonds. The number of ether oxygens (including phenoxy) is 2. The second kappa shape index (κ2) is 6.07. The van der Waals surface area contributed by atoms with E-state index in [2.05, 4.69) is 0 Å². The minimum Gasteiger partial charge on any atom is -0.468 e. The van der Waals surface area contributed by atoms with E-state index in [9.17, 15) is 4.79 Å². The van der Waals surface area contributed by atoms with Crippen molar-refractivity contribution in [2.24, 2.45) is 0 Å². The van der Waals surface area contributed by atoms with Crippen molar-refractivity contribution >= 4 is 27.8 Å². The molecule has 0 saturated heterocycles. The highest BCUT2D eigenvalue weighted by molar-refractivity contribution is 6.08. The Labute approximate surface area is 127 Å². The van der Waals surface area contributed by atoms with E-state index < -0.39 is 0 Å². The van der Waals surface area contributed by atoms with Crippen LogP contribution in [0.3, 0.4) is 0 Å². The Bertz CT molecular complexity index is 822. The van der Waals surface area contributed by atoms with Crippen LogP contribution < -0.4 is 4.74 Å². The summed E-state index contributed by atoms with van der Waals surface area (Å²) in [5, 5.41) is 11.0. The maximum absolute atomic E-state index is 11.9. The van der Waals surface area contributed by atoms with Crippen molar-refractivity contribution in [2.75, 3.05) is 13.4 Å². The minimum absolute atomic E-state index is 0.139. The van der Waals surface area contributed by atoms with Gasteiger partial charge in [0.15, 0.2) is 6.79 Å². The van der Waals surface area contributed by atoms with Gasteiger partial charge in [-0.25, -0.2) is 0 Å². The third-order valence-electron chi connectivity index (χ3n) is 3.57. The van der Waals surface area contributed by atoms with E-state index in [1.54, 1.807) is 13.0 Å². The molecule has 0 saturated carbocycles. The molecule has 1 aromatic heterocycles. The molecule has 0 radical (unpaired) electrons. The number of aliphatic hydroxyl groups is 1. The molecule has 0 bridgehead atoms. The van der Waals surface area contributed by atoms with Crippen LogP contribution in [0.15, 0.2) is 42.5 Å². The number of nitrogens with zero attached hydrogens (tertiary/aromatic N) is 1. The SMILES string of the molecule is CCOC(=O)Cn1c2ccccc2c2ccc(OCO)cc21. The number of carbonyl (C=O) groups excluding carboxylic acids is 1. The number of rotatable bonds is 5. The van der Waals surface area contributed by atoms with Crippen molar-refractivity contribution in [1.82, 2.24) is 4.57 Å². The second-order valence-electron chi connectivity index (χ2n) is 4.86. The van der Waals surface area contributed by atoms with Gasteiger partial charge in [0.05, 0.1) is 12.1 Å². The fourth-order valence-corrected chi connectivity index (χ4v) is 2.70. The summed E-state index contributed by atoms with van der Waals surface area (Å²) in [6.07, 6.45) is 0. The summed E-state index contributed by atoms with van der Waals surface area (Å²) in [5.41, 5.74) is 1.84. The lowest BCUT2D eigenvalue weighted by Gasteiger charge is -2.08. The van der Waals surface area contributed by atoms with Gasteiger partial charge in [0.25, 0.3) is 0 Å². The predicted molar refractivity (Wildman–Crippen MR) is 83.8 cm³/mol. The molecule has 0 aliphatic carbocycles. The standard InChI is InChI=1S/C17H17NO4/c1-2-21-17(20)10-18-15-6-4-3-5-13(15)14-8-7-12(22-11-19)9-16(14)18/h3-9,19H,2,10-11H2,1H3. The van der Waals surface area contributed by atoms with Crippen LogP contribution in [0, 0.1) is 0 Å². The smallest absolute Gasteiger partial charge is 0.325 e. The van der Waals surface area contributed by atoms with Crippen LogP contribution in [0.2, 0.25) is 0 Å². The molecule has 0 aliphatic rings. The molecule has 0 fully saturated rings. The molecule has 3 rings (SSSR count). The molecule has 1 N–H and O–H groups in total. The number of fused-ring (bicyclic) bond motifs is 3. The Morgan fingerprint density at radius 3 is 2.68 bits per heavy atom. The van der Waals surface area contributed by atoms with Gasteiger partial charge in [-0.15, -0.1) is 0 Å². The first-order valence-electron chi connectivity index (χ1n) is 7.15. The zero-order valence-electron chi connectivity index (χ0n) is 12.3. The first-order chi connectivity index (χ1) is 10.7. The van der Waals surface area contributed by atoms with E-state index in [1.807, 2.05) is 41.0 Å². The summed E-state index contributed by atoms with van der Waals surface area (Å²) >= 11 is 0. The quantitative estimate of drug-likeness (QED) is 0.581. The monoisotopic (exact) mass is 299 g/mol. The highest BCUT2D eigenvalue weighted by atomic mass is 16.6. The lowest BCUT2D eigenvalue weighted by molar-refractivity contribution is -0.143. The average molecular weight is 299 g/mol. The zero-order valence-corrected chi connectivity index (χ0v) is 12.3. The van der Waals surface area contributed by atoms with Gasteiger partial charge in [-0.2, -0.15) is 0 Å². The average Bonchev–Trinajstić information content (AvgIpc) is 2.82. The van der Waals surface area contributed by atoms with Gasteiger partial charge < -0.3 is 19.1 Å². The fraction of sp³-hybridized carbons (Fsp3) is 0.235. The lowest BCUT2D eigenvalue weighted by atomic mass is 10.1. The number of benzene rings is 2. The van der Waals surface area contributed by atoms with E-state index in [1.165, 1.54) is 0 Å². The topological polar surface area (TPSA) is 60.7 Å². The van der Waals surface area contributed by atoms with Crippen molar-refractivity contribution in [2.45, 2.75) is 13.5 Å². The van der Waals surface area contributed by atoms with E-state index in [-0.39, 0.29) is 19.3 Å². The Balaban J connectivity index is 2.19. The molecule has 5 heteroatoms. The van der Waals surface area contributed by atoms with Gasteiger partial charge in [-0.05, 0) is 25.1 Å². The van der Waals surface area contributed by atoms with Gasteiger partial charge >= 0.3 is 5.97 Å². The molecule has 0 spiro atoms. The lowest BCUT2D eigenvalue weighted by Crippen LogP contribution is -2.13. The highest BCUT2D eigenvalue weighted by Crippen LogP contribution is 2.31. The Morgan fingerprint density at radius 1 is 1.14 bits per heavy atom. The van der Waals surface area contributed by atoms with Crippen LogP contribution in [0.5, 0.6) is 5.75 Å². The molecule has 0 atom stereocenters. The van der Waals surface area contributed by atoms with Crippen molar-refractivity contribution in [3.63, 3.8) is 0 Å². The third kappa shape index (κ3) is 2.51. The summed E-state index contributed by atoms with van der Waals surface area (Å²) in [7, 11) is 0. The van der Waals surface area contributed by atoms with Gasteiger partial charge in [0.2, 0.25) is 0 Å². The van der Waals surface area contributed by atoms with Crippen molar-refractivity contribution in [3.05, 3.63) is 42.5 Å². The summed E-state index contributed by atoms with van der Waals surface area (Å²) < 4.78 is 12.1. The van der Waals surface area contributed by atoms with Crippen LogP contribution in [-0.2, 0) is 16.1 Å². The molecule has 5 nitrogen and oxygen atoms in total. The predicted octanol–water partition coefficient (Wildman–Crippen LogP) is 2.69. The number of esters is 1. The van der Waals surface area contributed by atoms with Gasteiger partial charge in [-0.3, -0.25) is 4.79 Å². The summed E-state index contributed by atoms with van der Waals surface area (Å²) in [6.45, 7) is 1.90. The maximum Gasteiger partial charge on any atom is 0.325 e. The minimum atomic E-state index is -0.385. The Kier molecular flexibility index (Phi) is 3.98. The molecule has 22 heavy (non-hydrogen) atoms. The van der Waals surface area contributed by atoms with E-state index in [0.29, 0.717) is 12.4 Å². The van der Waals surface area contributed by atoms with Gasteiger partial charge in [0, 0.05) is 22.4 Å². The number of hydrogen-bond acceptors (Lipinski definition) is 4. The molecule has 2 aromatic carbocycles. The molecule has 0 aliphatic heterocycles. The normalized spacial score (nSPS) is 11.0. The molecular formula is C17H17NO4. The number of aliphatic hydroxyl groups excluding tert-OH is 1. The van der Waals surface area contributed by atoms with Crippen molar-refractivity contribution in [3.8, 4) is 5.75 Å². The highest BCUT2D eigenvalue weighted by Gasteiger charge is 2.14. The second-order valence-corrected chi connectivity index (χ2v) is 4.86. The largest absolute Gasteiger partial charge is 0.468 e. The summed E-state index contributed by atoms with van der Waals surface area (Å²) in [4.78, 5) is 11.9. The van der Waals surface area contributed by atoms with Gasteiger partial charge in [0.1, 0.15) is 12.3 Å². The Morgan fingerprint density at radius 2 is 1.91 bits per heavy atom. The number of aromatic nitrogens is 1. The maximum atomic E-state index is 11.9. The van der Waals surface area contributed by atoms with Crippen LogP contribution in [0.4, 0.5) is 0 Å². The van der Waals surface area contributed by atoms with Crippen molar-refractivity contribution < 1.29 is 19.4 Å². The number of hydrogen-bond donors (Lipinski definition) is 1. The number of para-hydroxylation sites is 1. The fourth-order valence-electron chi connectivity index (χ4n) is 2.70. The molecule has 114 valence electrons. The number of carbonyl (C=O) groups is 1. The van der Waals surface area contributed by atoms with Crippen LogP contribution in [0.1, 0.15) is 6.92 Å². The molecule has 0 unspecified atom stereocenters. The first-order valence-corrected chi connectivity index (χ1v) is 7.15. The first kappa shape index (κ1) is 14.4. The van der Waals surface area contributed by atoms with E-state index in [0.717, 1.165) is 21.8 Å². The van der Waals surface area contributed by atoms with E-state index in [4.69, 9.17) is 14.6 Å².